The van der Waals surface area contributed by atoms with Gasteiger partial charge in [-0.05, 0) is 13.3 Å². The monoisotopic (exact) mass is 218 g/mol. The van der Waals surface area contributed by atoms with Crippen molar-refractivity contribution in [2.24, 2.45) is 0 Å². The van der Waals surface area contributed by atoms with E-state index in [1.54, 1.807) is 0 Å². The van der Waals surface area contributed by atoms with Crippen LogP contribution in [0.1, 0.15) is 35.7 Å². The number of hydrogen-bond donors (Lipinski definition) is 0. The molecule has 16 heavy (non-hydrogen) atoms. The van der Waals surface area contributed by atoms with Gasteiger partial charge in [-0.3, -0.25) is 4.79 Å². The molecule has 0 radical (unpaired) electrons. The number of aryl methyl sites for hydroxylation is 1. The van der Waals surface area contributed by atoms with Crippen LogP contribution in [-0.4, -0.2) is 12.4 Å². The highest BCUT2D eigenvalue weighted by atomic mass is 16.5. The van der Waals surface area contributed by atoms with Gasteiger partial charge >= 0.3 is 0 Å². The molecule has 2 heteroatoms. The number of ether oxygens (including phenoxy) is 1. The molecule has 0 saturated carbocycles. The van der Waals surface area contributed by atoms with Crippen LogP contribution < -0.4 is 0 Å². The van der Waals surface area contributed by atoms with E-state index in [-0.39, 0.29) is 5.78 Å². The van der Waals surface area contributed by atoms with E-state index in [0.29, 0.717) is 12.2 Å². The molecule has 0 aliphatic carbocycles. The van der Waals surface area contributed by atoms with Crippen molar-refractivity contribution >= 4 is 5.78 Å². The van der Waals surface area contributed by atoms with E-state index < -0.39 is 0 Å². The normalized spacial score (nSPS) is 10.6. The molecule has 2 nitrogen and oxygen atoms in total. The second-order valence-corrected chi connectivity index (χ2v) is 3.76. The number of ketones is 1. The molecule has 0 amide bonds. The summed E-state index contributed by atoms with van der Waals surface area (Å²) in [4.78, 5) is 11.6. The summed E-state index contributed by atoms with van der Waals surface area (Å²) in [5.41, 5.74) is 1.85. The minimum Gasteiger partial charge on any atom is -0.501 e. The van der Waals surface area contributed by atoms with E-state index in [1.165, 1.54) is 12.3 Å². The molecule has 0 saturated heterocycles. The summed E-state index contributed by atoms with van der Waals surface area (Å²) in [7, 11) is 0. The van der Waals surface area contributed by atoms with Crippen LogP contribution in [0.15, 0.2) is 36.6 Å². The largest absolute Gasteiger partial charge is 0.501 e. The third-order valence-electron chi connectivity index (χ3n) is 2.27. The number of carbonyl (C=O) groups excluding carboxylic acids is 1. The Labute approximate surface area is 96.9 Å². The molecule has 0 aliphatic rings. The lowest BCUT2D eigenvalue weighted by Gasteiger charge is -1.98. The van der Waals surface area contributed by atoms with Crippen LogP contribution in [0.3, 0.4) is 0 Å². The van der Waals surface area contributed by atoms with Crippen LogP contribution >= 0.6 is 0 Å². The van der Waals surface area contributed by atoms with E-state index >= 15 is 0 Å². The zero-order valence-electron chi connectivity index (χ0n) is 9.90. The van der Waals surface area contributed by atoms with Gasteiger partial charge < -0.3 is 4.74 Å². The fourth-order valence-corrected chi connectivity index (χ4v) is 1.22. The predicted octanol–water partition coefficient (Wildman–Crippen LogP) is 3.51. The fraction of sp³-hybridized carbons (Fsp3) is 0.357. The van der Waals surface area contributed by atoms with Crippen LogP contribution in [0.2, 0.25) is 0 Å². The standard InChI is InChI=1S/C14H18O2/c1-3-4-10-16-11-9-14(15)13-7-5-12(2)6-8-13/h5-9,11H,3-4,10H2,1-2H3/b11-9+. The van der Waals surface area contributed by atoms with E-state index in [2.05, 4.69) is 6.92 Å². The summed E-state index contributed by atoms with van der Waals surface area (Å²) in [6.45, 7) is 4.77. The Morgan fingerprint density at radius 3 is 2.62 bits per heavy atom. The topological polar surface area (TPSA) is 26.3 Å². The molecular weight excluding hydrogens is 200 g/mol. The maximum Gasteiger partial charge on any atom is 0.188 e. The van der Waals surface area contributed by atoms with E-state index in [9.17, 15) is 4.79 Å². The van der Waals surface area contributed by atoms with Crippen molar-refractivity contribution in [2.45, 2.75) is 26.7 Å². The number of rotatable bonds is 6. The fourth-order valence-electron chi connectivity index (χ4n) is 1.22. The number of benzene rings is 1. The third-order valence-corrected chi connectivity index (χ3v) is 2.27. The zero-order chi connectivity index (χ0) is 11.8. The highest BCUT2D eigenvalue weighted by Crippen LogP contribution is 2.04. The Balaban J connectivity index is 2.43. The minimum absolute atomic E-state index is 0.0171. The van der Waals surface area contributed by atoms with Crippen LogP contribution in [0.4, 0.5) is 0 Å². The summed E-state index contributed by atoms with van der Waals surface area (Å²) in [5, 5.41) is 0. The molecule has 1 rings (SSSR count). The molecule has 0 atom stereocenters. The second-order valence-electron chi connectivity index (χ2n) is 3.76. The van der Waals surface area contributed by atoms with Crippen LogP contribution in [0.5, 0.6) is 0 Å². The Kier molecular flexibility index (Phi) is 5.34. The Morgan fingerprint density at radius 1 is 1.31 bits per heavy atom. The number of hydrogen-bond acceptors (Lipinski definition) is 2. The van der Waals surface area contributed by atoms with Crippen LogP contribution in [0, 0.1) is 6.92 Å². The van der Waals surface area contributed by atoms with E-state index in [4.69, 9.17) is 4.74 Å². The van der Waals surface area contributed by atoms with Crippen molar-refractivity contribution in [1.29, 1.82) is 0 Å². The Bertz CT molecular complexity index is 350. The van der Waals surface area contributed by atoms with Crippen molar-refractivity contribution in [3.8, 4) is 0 Å². The first-order valence-electron chi connectivity index (χ1n) is 5.63. The van der Waals surface area contributed by atoms with E-state index in [1.807, 2.05) is 31.2 Å². The van der Waals surface area contributed by atoms with Crippen LogP contribution in [-0.2, 0) is 4.74 Å². The first kappa shape index (κ1) is 12.5. The van der Waals surface area contributed by atoms with Gasteiger partial charge in [-0.1, -0.05) is 43.2 Å². The van der Waals surface area contributed by atoms with Gasteiger partial charge in [0.25, 0.3) is 0 Å². The number of allylic oxidation sites excluding steroid dienone is 1. The molecule has 0 aromatic heterocycles. The average molecular weight is 218 g/mol. The maximum atomic E-state index is 11.6. The first-order valence-corrected chi connectivity index (χ1v) is 5.63. The molecule has 0 N–H and O–H groups in total. The average Bonchev–Trinajstić information content (AvgIpc) is 2.29. The SMILES string of the molecule is CCCCO/C=C/C(=O)c1ccc(C)cc1. The van der Waals surface area contributed by atoms with Gasteiger partial charge in [0.1, 0.15) is 0 Å². The maximum absolute atomic E-state index is 11.6. The molecule has 0 fully saturated rings. The summed E-state index contributed by atoms with van der Waals surface area (Å²) in [6.07, 6.45) is 5.07. The molecule has 0 aliphatic heterocycles. The molecular formula is C14H18O2. The van der Waals surface area contributed by atoms with Crippen molar-refractivity contribution in [2.75, 3.05) is 6.61 Å². The lowest BCUT2D eigenvalue weighted by Crippen LogP contribution is -1.95. The highest BCUT2D eigenvalue weighted by molar-refractivity contribution is 6.04. The first-order chi connectivity index (χ1) is 7.74. The molecule has 1 aromatic rings. The molecule has 0 spiro atoms. The van der Waals surface area contributed by atoms with Gasteiger partial charge in [-0.2, -0.15) is 0 Å². The highest BCUT2D eigenvalue weighted by Gasteiger charge is 1.99. The van der Waals surface area contributed by atoms with Crippen molar-refractivity contribution in [3.05, 3.63) is 47.7 Å². The summed E-state index contributed by atoms with van der Waals surface area (Å²) >= 11 is 0. The lowest BCUT2D eigenvalue weighted by atomic mass is 10.1. The van der Waals surface area contributed by atoms with Gasteiger partial charge in [-0.15, -0.1) is 0 Å². The summed E-state index contributed by atoms with van der Waals surface area (Å²) in [6, 6.07) is 7.51. The van der Waals surface area contributed by atoms with Crippen molar-refractivity contribution in [1.82, 2.24) is 0 Å². The molecule has 0 heterocycles. The summed E-state index contributed by atoms with van der Waals surface area (Å²) < 4.78 is 5.19. The van der Waals surface area contributed by atoms with Gasteiger partial charge in [0.2, 0.25) is 0 Å². The lowest BCUT2D eigenvalue weighted by molar-refractivity contribution is 0.104. The quantitative estimate of drug-likeness (QED) is 0.316. The second kappa shape index (κ2) is 6.83. The van der Waals surface area contributed by atoms with Crippen molar-refractivity contribution < 1.29 is 9.53 Å². The molecule has 0 bridgehead atoms. The number of unbranched alkanes of at least 4 members (excludes halogenated alkanes) is 1. The van der Waals surface area contributed by atoms with Gasteiger partial charge in [0.15, 0.2) is 5.78 Å². The molecule has 86 valence electrons. The third kappa shape index (κ3) is 4.30. The minimum atomic E-state index is -0.0171. The molecule has 1 aromatic carbocycles. The molecule has 0 unspecified atom stereocenters. The zero-order valence-corrected chi connectivity index (χ0v) is 9.90. The Hall–Kier alpha value is -1.57. The van der Waals surface area contributed by atoms with Gasteiger partial charge in [0.05, 0.1) is 12.9 Å². The predicted molar refractivity (Wildman–Crippen MR) is 65.5 cm³/mol. The van der Waals surface area contributed by atoms with E-state index in [0.717, 1.165) is 18.4 Å². The van der Waals surface area contributed by atoms with Gasteiger partial charge in [0, 0.05) is 11.6 Å². The Morgan fingerprint density at radius 2 is 2.00 bits per heavy atom. The summed E-state index contributed by atoms with van der Waals surface area (Å²) in [5.74, 6) is -0.0171. The van der Waals surface area contributed by atoms with Gasteiger partial charge in [-0.25, -0.2) is 0 Å². The van der Waals surface area contributed by atoms with Crippen LogP contribution in [0.25, 0.3) is 0 Å². The smallest absolute Gasteiger partial charge is 0.188 e. The van der Waals surface area contributed by atoms with Crippen molar-refractivity contribution in [3.63, 3.8) is 0 Å². The number of carbonyl (C=O) groups is 1.